The van der Waals surface area contributed by atoms with Crippen LogP contribution in [0.15, 0.2) is 29.2 Å². The van der Waals surface area contributed by atoms with Gasteiger partial charge in [0.1, 0.15) is 0 Å². The molecule has 1 saturated heterocycles. The molecule has 2 N–H and O–H groups in total. The summed E-state index contributed by atoms with van der Waals surface area (Å²) < 4.78 is 37.6. The molecule has 3 nitrogen and oxygen atoms in total. The minimum atomic E-state index is -4.35. The lowest BCUT2D eigenvalue weighted by atomic mass is 10.2. The first-order valence-electron chi connectivity index (χ1n) is 6.25. The number of nitrogens with one attached hydrogen (secondary N) is 2. The molecule has 0 aliphatic carbocycles. The van der Waals surface area contributed by atoms with E-state index in [1.807, 2.05) is 0 Å². The quantitative estimate of drug-likeness (QED) is 0.828. The van der Waals surface area contributed by atoms with Crippen molar-refractivity contribution in [3.8, 4) is 0 Å². The molecular weight excluding hydrogens is 325 g/mol. The van der Waals surface area contributed by atoms with Crippen LogP contribution in [0.1, 0.15) is 12.0 Å². The molecular formula is C13H16ClF3N2OS. The normalized spacial score (nSPS) is 18.1. The molecule has 1 aromatic carbocycles. The van der Waals surface area contributed by atoms with Crippen molar-refractivity contribution in [3.63, 3.8) is 0 Å². The maximum absolute atomic E-state index is 12.5. The van der Waals surface area contributed by atoms with Crippen molar-refractivity contribution in [1.29, 1.82) is 0 Å². The number of hydrogen-bond donors (Lipinski definition) is 2. The van der Waals surface area contributed by atoms with Crippen LogP contribution in [0.3, 0.4) is 0 Å². The first-order valence-corrected chi connectivity index (χ1v) is 7.24. The van der Waals surface area contributed by atoms with Crippen LogP contribution in [-0.4, -0.2) is 30.8 Å². The Labute approximate surface area is 131 Å². The van der Waals surface area contributed by atoms with Crippen molar-refractivity contribution < 1.29 is 18.0 Å². The zero-order valence-electron chi connectivity index (χ0n) is 11.1. The molecule has 0 bridgehead atoms. The molecule has 2 rings (SSSR count). The van der Waals surface area contributed by atoms with Gasteiger partial charge in [-0.05, 0) is 31.2 Å². The standard InChI is InChI=1S/C13H15F3N2OS.ClH/c14-13(15,16)9-2-1-3-11(6-9)20-8-12(19)18-10-4-5-17-7-10;/h1-3,6,10,17H,4-5,7-8H2,(H,18,19);1H. The Bertz CT molecular complexity index is 479. The largest absolute Gasteiger partial charge is 0.416 e. The Kier molecular flexibility index (Phi) is 6.83. The molecule has 1 aliphatic rings. The highest BCUT2D eigenvalue weighted by atomic mass is 35.5. The number of alkyl halides is 3. The van der Waals surface area contributed by atoms with E-state index in [0.29, 0.717) is 4.90 Å². The SMILES string of the molecule is Cl.O=C(CSc1cccc(C(F)(F)F)c1)NC1CCNC1. The Morgan fingerprint density at radius 3 is 2.81 bits per heavy atom. The highest BCUT2D eigenvalue weighted by molar-refractivity contribution is 8.00. The first kappa shape index (κ1) is 18.1. The summed E-state index contributed by atoms with van der Waals surface area (Å²) in [4.78, 5) is 12.1. The lowest BCUT2D eigenvalue weighted by molar-refractivity contribution is -0.137. The van der Waals surface area contributed by atoms with Gasteiger partial charge < -0.3 is 10.6 Å². The summed E-state index contributed by atoms with van der Waals surface area (Å²) in [5, 5.41) is 5.98. The minimum Gasteiger partial charge on any atom is -0.351 e. The monoisotopic (exact) mass is 340 g/mol. The minimum absolute atomic E-state index is 0. The van der Waals surface area contributed by atoms with Gasteiger partial charge in [0.2, 0.25) is 5.91 Å². The van der Waals surface area contributed by atoms with Crippen molar-refractivity contribution in [3.05, 3.63) is 29.8 Å². The molecule has 1 amide bonds. The van der Waals surface area contributed by atoms with Gasteiger partial charge in [0.05, 0.1) is 11.3 Å². The van der Waals surface area contributed by atoms with Crippen LogP contribution >= 0.6 is 24.2 Å². The topological polar surface area (TPSA) is 41.1 Å². The molecule has 8 heteroatoms. The lowest BCUT2D eigenvalue weighted by Gasteiger charge is -2.11. The summed E-state index contributed by atoms with van der Waals surface area (Å²) in [5.41, 5.74) is -0.692. The molecule has 1 fully saturated rings. The van der Waals surface area contributed by atoms with Gasteiger partial charge in [0.15, 0.2) is 0 Å². The van der Waals surface area contributed by atoms with Crippen molar-refractivity contribution >= 4 is 30.1 Å². The summed E-state index contributed by atoms with van der Waals surface area (Å²) in [6.07, 6.45) is -3.46. The van der Waals surface area contributed by atoms with E-state index in [4.69, 9.17) is 0 Å². The highest BCUT2D eigenvalue weighted by Crippen LogP contribution is 2.31. The predicted octanol–water partition coefficient (Wildman–Crippen LogP) is 2.70. The number of benzene rings is 1. The lowest BCUT2D eigenvalue weighted by Crippen LogP contribution is -2.37. The molecule has 0 radical (unpaired) electrons. The van der Waals surface area contributed by atoms with Gasteiger partial charge in [-0.25, -0.2) is 0 Å². The molecule has 0 saturated carbocycles. The zero-order valence-corrected chi connectivity index (χ0v) is 12.7. The van der Waals surface area contributed by atoms with Gasteiger partial charge in [-0.3, -0.25) is 4.79 Å². The molecule has 1 heterocycles. The number of carbonyl (C=O) groups excluding carboxylic acids is 1. The Balaban J connectivity index is 0.00000220. The third-order valence-electron chi connectivity index (χ3n) is 2.96. The second-order valence-corrected chi connectivity index (χ2v) is 5.62. The second-order valence-electron chi connectivity index (χ2n) is 4.57. The van der Waals surface area contributed by atoms with Crippen LogP contribution in [0, 0.1) is 0 Å². The van der Waals surface area contributed by atoms with E-state index < -0.39 is 11.7 Å². The van der Waals surface area contributed by atoms with Gasteiger partial charge in [0.25, 0.3) is 0 Å². The van der Waals surface area contributed by atoms with E-state index in [1.54, 1.807) is 6.07 Å². The second kappa shape index (κ2) is 7.91. The summed E-state index contributed by atoms with van der Waals surface area (Å²) in [5.74, 6) is -0.0289. The maximum atomic E-state index is 12.5. The number of carbonyl (C=O) groups is 1. The van der Waals surface area contributed by atoms with Crippen molar-refractivity contribution in [1.82, 2.24) is 10.6 Å². The van der Waals surface area contributed by atoms with E-state index in [-0.39, 0.29) is 30.1 Å². The Morgan fingerprint density at radius 1 is 1.43 bits per heavy atom. The summed E-state index contributed by atoms with van der Waals surface area (Å²) >= 11 is 1.11. The number of rotatable bonds is 4. The van der Waals surface area contributed by atoms with E-state index in [9.17, 15) is 18.0 Å². The molecule has 1 aromatic rings. The van der Waals surface area contributed by atoms with Crippen LogP contribution < -0.4 is 10.6 Å². The smallest absolute Gasteiger partial charge is 0.351 e. The number of thioether (sulfide) groups is 1. The third-order valence-corrected chi connectivity index (χ3v) is 3.95. The van der Waals surface area contributed by atoms with E-state index in [0.717, 1.165) is 43.4 Å². The Hall–Kier alpha value is -0.920. The molecule has 0 aromatic heterocycles. The van der Waals surface area contributed by atoms with Crippen LogP contribution in [0.2, 0.25) is 0 Å². The molecule has 21 heavy (non-hydrogen) atoms. The predicted molar refractivity (Wildman–Crippen MR) is 78.8 cm³/mol. The number of amides is 1. The van der Waals surface area contributed by atoms with Gasteiger partial charge in [0, 0.05) is 17.5 Å². The van der Waals surface area contributed by atoms with Crippen LogP contribution in [0.4, 0.5) is 13.2 Å². The molecule has 118 valence electrons. The first-order chi connectivity index (χ1) is 9.45. The summed E-state index contributed by atoms with van der Waals surface area (Å²) in [6, 6.07) is 5.14. The average molecular weight is 341 g/mol. The molecule has 1 atom stereocenters. The van der Waals surface area contributed by atoms with E-state index in [2.05, 4.69) is 10.6 Å². The summed E-state index contributed by atoms with van der Waals surface area (Å²) in [6.45, 7) is 1.63. The molecule has 1 unspecified atom stereocenters. The van der Waals surface area contributed by atoms with Gasteiger partial charge in [-0.2, -0.15) is 13.2 Å². The van der Waals surface area contributed by atoms with Crippen molar-refractivity contribution in [2.24, 2.45) is 0 Å². The zero-order chi connectivity index (χ0) is 14.6. The Morgan fingerprint density at radius 2 is 2.19 bits per heavy atom. The van der Waals surface area contributed by atoms with Crippen LogP contribution in [0.25, 0.3) is 0 Å². The van der Waals surface area contributed by atoms with Crippen LogP contribution in [-0.2, 0) is 11.0 Å². The van der Waals surface area contributed by atoms with Gasteiger partial charge in [-0.1, -0.05) is 6.07 Å². The third kappa shape index (κ3) is 5.76. The van der Waals surface area contributed by atoms with E-state index in [1.165, 1.54) is 6.07 Å². The van der Waals surface area contributed by atoms with Crippen LogP contribution in [0.5, 0.6) is 0 Å². The fraction of sp³-hybridized carbons (Fsp3) is 0.462. The fourth-order valence-electron chi connectivity index (χ4n) is 1.96. The van der Waals surface area contributed by atoms with E-state index >= 15 is 0 Å². The van der Waals surface area contributed by atoms with Crippen molar-refractivity contribution in [2.45, 2.75) is 23.5 Å². The summed E-state index contributed by atoms with van der Waals surface area (Å²) in [7, 11) is 0. The number of hydrogen-bond acceptors (Lipinski definition) is 3. The molecule has 0 spiro atoms. The average Bonchev–Trinajstić information content (AvgIpc) is 2.88. The maximum Gasteiger partial charge on any atom is 0.416 e. The van der Waals surface area contributed by atoms with Gasteiger partial charge >= 0.3 is 6.18 Å². The van der Waals surface area contributed by atoms with Gasteiger partial charge in [-0.15, -0.1) is 24.2 Å². The molecule has 1 aliphatic heterocycles. The fourth-order valence-corrected chi connectivity index (χ4v) is 2.72. The number of halogens is 4. The highest BCUT2D eigenvalue weighted by Gasteiger charge is 2.30. The van der Waals surface area contributed by atoms with Crippen molar-refractivity contribution in [2.75, 3.05) is 18.8 Å².